The maximum absolute atomic E-state index is 12.3. The summed E-state index contributed by atoms with van der Waals surface area (Å²) in [6.45, 7) is 4.61. The summed E-state index contributed by atoms with van der Waals surface area (Å²) < 4.78 is 0. The minimum absolute atomic E-state index is 0.0913. The van der Waals surface area contributed by atoms with Crippen LogP contribution in [-0.4, -0.2) is 47.9 Å². The second kappa shape index (κ2) is 8.03. The maximum Gasteiger partial charge on any atom is 0.320 e. The monoisotopic (exact) mass is 323 g/mol. The van der Waals surface area contributed by atoms with Gasteiger partial charge in [-0.05, 0) is 24.1 Å². The molecule has 1 aromatic rings. The van der Waals surface area contributed by atoms with Gasteiger partial charge in [0.25, 0.3) is 0 Å². The highest BCUT2D eigenvalue weighted by Crippen LogP contribution is 2.16. The Hall–Kier alpha value is -1.75. The van der Waals surface area contributed by atoms with Crippen LogP contribution in [0.15, 0.2) is 24.3 Å². The van der Waals surface area contributed by atoms with Crippen LogP contribution in [0.1, 0.15) is 25.3 Å². The molecule has 1 saturated heterocycles. The van der Waals surface area contributed by atoms with Crippen LogP contribution in [0.5, 0.6) is 0 Å². The summed E-state index contributed by atoms with van der Waals surface area (Å²) in [5.74, 6) is -0.0913. The summed E-state index contributed by atoms with van der Waals surface area (Å²) in [6.07, 6.45) is 2.00. The highest BCUT2D eigenvalue weighted by molar-refractivity contribution is 6.30. The van der Waals surface area contributed by atoms with Crippen molar-refractivity contribution >= 4 is 23.5 Å². The molecule has 0 atom stereocenters. The first-order valence-electron chi connectivity index (χ1n) is 7.65. The van der Waals surface area contributed by atoms with E-state index >= 15 is 0 Å². The molecule has 0 aromatic heterocycles. The molecule has 1 fully saturated rings. The van der Waals surface area contributed by atoms with Crippen molar-refractivity contribution in [1.82, 2.24) is 15.1 Å². The van der Waals surface area contributed by atoms with Gasteiger partial charge in [-0.1, -0.05) is 37.1 Å². The lowest BCUT2D eigenvalue weighted by molar-refractivity contribution is -0.121. The van der Waals surface area contributed by atoms with E-state index in [0.717, 1.165) is 18.4 Å². The van der Waals surface area contributed by atoms with Gasteiger partial charge in [0.1, 0.15) is 6.54 Å². The van der Waals surface area contributed by atoms with Crippen LogP contribution in [-0.2, 0) is 11.3 Å². The lowest BCUT2D eigenvalue weighted by Crippen LogP contribution is -2.40. The summed E-state index contributed by atoms with van der Waals surface area (Å²) >= 11 is 5.96. The summed E-state index contributed by atoms with van der Waals surface area (Å²) in [5, 5.41) is 3.50. The van der Waals surface area contributed by atoms with Gasteiger partial charge in [-0.2, -0.15) is 0 Å². The van der Waals surface area contributed by atoms with E-state index in [0.29, 0.717) is 31.2 Å². The molecule has 1 heterocycles. The number of carbonyl (C=O) groups excluding carboxylic acids is 2. The Labute approximate surface area is 136 Å². The minimum Gasteiger partial charge on any atom is -0.355 e. The Bertz CT molecular complexity index is 536. The van der Waals surface area contributed by atoms with Crippen LogP contribution in [0.4, 0.5) is 4.79 Å². The molecular weight excluding hydrogens is 302 g/mol. The number of carbonyl (C=O) groups is 2. The predicted octanol–water partition coefficient (Wildman–Crippen LogP) is 2.49. The van der Waals surface area contributed by atoms with Crippen LogP contribution in [0.2, 0.25) is 5.02 Å². The second-order valence-electron chi connectivity index (χ2n) is 5.46. The first kappa shape index (κ1) is 16.6. The van der Waals surface area contributed by atoms with E-state index in [9.17, 15) is 9.59 Å². The smallest absolute Gasteiger partial charge is 0.320 e. The van der Waals surface area contributed by atoms with E-state index in [2.05, 4.69) is 12.2 Å². The van der Waals surface area contributed by atoms with Crippen LogP contribution in [0.3, 0.4) is 0 Å². The number of nitrogens with zero attached hydrogens (tertiary/aromatic N) is 2. The van der Waals surface area contributed by atoms with Crippen LogP contribution in [0, 0.1) is 0 Å². The van der Waals surface area contributed by atoms with Crippen molar-refractivity contribution in [2.45, 2.75) is 26.3 Å². The average Bonchev–Trinajstić information content (AvgIpc) is 2.81. The van der Waals surface area contributed by atoms with E-state index < -0.39 is 0 Å². The number of rotatable bonds is 7. The van der Waals surface area contributed by atoms with Gasteiger partial charge in [-0.15, -0.1) is 0 Å². The molecule has 0 saturated carbocycles. The van der Waals surface area contributed by atoms with E-state index in [1.807, 2.05) is 24.3 Å². The summed E-state index contributed by atoms with van der Waals surface area (Å²) in [5.41, 5.74) is 0.995. The molecule has 1 aliphatic rings. The number of hydrogen-bond acceptors (Lipinski definition) is 2. The van der Waals surface area contributed by atoms with E-state index in [1.54, 1.807) is 9.80 Å². The molecular formula is C16H22ClN3O2. The Morgan fingerprint density at radius 1 is 1.32 bits per heavy atom. The fourth-order valence-corrected chi connectivity index (χ4v) is 2.63. The second-order valence-corrected chi connectivity index (χ2v) is 5.90. The number of unbranched alkanes of at least 4 members (excludes halogenated alkanes) is 1. The van der Waals surface area contributed by atoms with Gasteiger partial charge >= 0.3 is 6.03 Å². The van der Waals surface area contributed by atoms with Gasteiger partial charge in [0.05, 0.1) is 0 Å². The Balaban J connectivity index is 1.83. The van der Waals surface area contributed by atoms with E-state index in [1.165, 1.54) is 0 Å². The Kier molecular flexibility index (Phi) is 6.07. The zero-order valence-corrected chi connectivity index (χ0v) is 13.6. The van der Waals surface area contributed by atoms with Crippen molar-refractivity contribution < 1.29 is 9.59 Å². The minimum atomic E-state index is -0.0920. The van der Waals surface area contributed by atoms with Gasteiger partial charge in [-0.3, -0.25) is 4.79 Å². The largest absolute Gasteiger partial charge is 0.355 e. The van der Waals surface area contributed by atoms with Gasteiger partial charge in [-0.25, -0.2) is 4.79 Å². The SMILES string of the molecule is CCCCNC(=O)CN1CCN(Cc2cccc(Cl)c2)C1=O. The molecule has 5 nitrogen and oxygen atoms in total. The number of benzene rings is 1. The summed E-state index contributed by atoms with van der Waals surface area (Å²) in [4.78, 5) is 27.4. The number of nitrogens with one attached hydrogen (secondary N) is 1. The third kappa shape index (κ3) is 4.63. The number of hydrogen-bond donors (Lipinski definition) is 1. The summed E-state index contributed by atoms with van der Waals surface area (Å²) in [6, 6.07) is 7.39. The van der Waals surface area contributed by atoms with Crippen LogP contribution >= 0.6 is 11.6 Å². The standard InChI is InChI=1S/C16H22ClN3O2/c1-2-3-7-18-15(21)12-20-9-8-19(16(20)22)11-13-5-4-6-14(17)10-13/h4-6,10H,2-3,7-9,11-12H2,1H3,(H,18,21). The molecule has 0 spiro atoms. The maximum atomic E-state index is 12.3. The number of amides is 3. The summed E-state index contributed by atoms with van der Waals surface area (Å²) in [7, 11) is 0. The first-order chi connectivity index (χ1) is 10.6. The van der Waals surface area contributed by atoms with Crippen molar-refractivity contribution in [3.05, 3.63) is 34.9 Å². The third-order valence-electron chi connectivity index (χ3n) is 3.63. The molecule has 0 aliphatic carbocycles. The molecule has 0 bridgehead atoms. The van der Waals surface area contributed by atoms with Gasteiger partial charge in [0.2, 0.25) is 5.91 Å². The fourth-order valence-electron chi connectivity index (χ4n) is 2.42. The van der Waals surface area contributed by atoms with Gasteiger partial charge < -0.3 is 15.1 Å². The average molecular weight is 324 g/mol. The molecule has 120 valence electrons. The van der Waals surface area contributed by atoms with Gasteiger partial charge in [0.15, 0.2) is 0 Å². The zero-order valence-electron chi connectivity index (χ0n) is 12.8. The normalized spacial score (nSPS) is 14.5. The molecule has 1 N–H and O–H groups in total. The van der Waals surface area contributed by atoms with E-state index in [4.69, 9.17) is 11.6 Å². The van der Waals surface area contributed by atoms with Crippen molar-refractivity contribution in [3.8, 4) is 0 Å². The molecule has 6 heteroatoms. The lowest BCUT2D eigenvalue weighted by Gasteiger charge is -2.18. The zero-order chi connectivity index (χ0) is 15.9. The lowest BCUT2D eigenvalue weighted by atomic mass is 10.2. The molecule has 3 amide bonds. The highest BCUT2D eigenvalue weighted by Gasteiger charge is 2.29. The third-order valence-corrected chi connectivity index (χ3v) is 3.87. The van der Waals surface area contributed by atoms with E-state index in [-0.39, 0.29) is 18.5 Å². The van der Waals surface area contributed by atoms with Crippen molar-refractivity contribution in [1.29, 1.82) is 0 Å². The first-order valence-corrected chi connectivity index (χ1v) is 8.03. The number of urea groups is 1. The molecule has 1 aliphatic heterocycles. The predicted molar refractivity (Wildman–Crippen MR) is 86.7 cm³/mol. The Morgan fingerprint density at radius 3 is 2.82 bits per heavy atom. The number of halogens is 1. The molecule has 0 radical (unpaired) electrons. The van der Waals surface area contributed by atoms with Gasteiger partial charge in [0, 0.05) is 31.2 Å². The molecule has 0 unspecified atom stereocenters. The van der Waals surface area contributed by atoms with Crippen molar-refractivity contribution in [3.63, 3.8) is 0 Å². The quantitative estimate of drug-likeness (QED) is 0.784. The fraction of sp³-hybridized carbons (Fsp3) is 0.500. The topological polar surface area (TPSA) is 52.7 Å². The van der Waals surface area contributed by atoms with Crippen molar-refractivity contribution in [2.75, 3.05) is 26.2 Å². The van der Waals surface area contributed by atoms with Crippen LogP contribution < -0.4 is 5.32 Å². The Morgan fingerprint density at radius 2 is 2.09 bits per heavy atom. The molecule has 2 rings (SSSR count). The molecule has 1 aromatic carbocycles. The van der Waals surface area contributed by atoms with Crippen molar-refractivity contribution in [2.24, 2.45) is 0 Å². The highest BCUT2D eigenvalue weighted by atomic mass is 35.5. The van der Waals surface area contributed by atoms with Crippen LogP contribution in [0.25, 0.3) is 0 Å². The molecule has 22 heavy (non-hydrogen) atoms.